The van der Waals surface area contributed by atoms with Gasteiger partial charge in [-0.1, -0.05) is 6.92 Å². The zero-order valence-corrected chi connectivity index (χ0v) is 11.3. The summed E-state index contributed by atoms with van der Waals surface area (Å²) in [5.41, 5.74) is 0. The third-order valence-electron chi connectivity index (χ3n) is 3.22. The third-order valence-corrected chi connectivity index (χ3v) is 3.22. The van der Waals surface area contributed by atoms with E-state index in [1.165, 1.54) is 0 Å². The van der Waals surface area contributed by atoms with Crippen molar-refractivity contribution in [3.05, 3.63) is 12.2 Å². The van der Waals surface area contributed by atoms with E-state index < -0.39 is 0 Å². The van der Waals surface area contributed by atoms with Crippen LogP contribution in [-0.2, 0) is 6.42 Å². The molecule has 2 rings (SSSR count). The van der Waals surface area contributed by atoms with Crippen LogP contribution in [0.15, 0.2) is 6.33 Å². The lowest BCUT2D eigenvalue weighted by molar-refractivity contribution is 0.204. The van der Waals surface area contributed by atoms with Crippen molar-refractivity contribution in [3.8, 4) is 0 Å². The van der Waals surface area contributed by atoms with E-state index >= 15 is 0 Å². The molecule has 1 saturated heterocycles. The summed E-state index contributed by atoms with van der Waals surface area (Å²) in [5.74, 6) is 0.992. The molecule has 1 aliphatic heterocycles. The number of hydrogen-bond acceptors (Lipinski definition) is 3. The second-order valence-corrected chi connectivity index (χ2v) is 5.00. The first-order chi connectivity index (χ1) is 8.61. The second kappa shape index (κ2) is 5.37. The lowest BCUT2D eigenvalue weighted by Gasteiger charge is -2.19. The summed E-state index contributed by atoms with van der Waals surface area (Å²) in [7, 11) is 0. The van der Waals surface area contributed by atoms with Crippen LogP contribution in [-0.4, -0.2) is 44.8 Å². The van der Waals surface area contributed by atoms with E-state index in [2.05, 4.69) is 27.0 Å². The highest BCUT2D eigenvalue weighted by molar-refractivity contribution is 5.74. The fourth-order valence-electron chi connectivity index (χ4n) is 2.32. The van der Waals surface area contributed by atoms with Crippen LogP contribution in [0.4, 0.5) is 4.79 Å². The lowest BCUT2D eigenvalue weighted by atomic mass is 10.2. The third kappa shape index (κ3) is 2.63. The molecule has 0 aliphatic carbocycles. The van der Waals surface area contributed by atoms with Gasteiger partial charge in [-0.25, -0.2) is 4.79 Å². The Balaban J connectivity index is 1.98. The SMILES string of the molecule is CCc1nncn1C1CCN(C(=O)NC(C)C)C1. The van der Waals surface area contributed by atoms with Crippen molar-refractivity contribution in [1.29, 1.82) is 0 Å². The van der Waals surface area contributed by atoms with E-state index in [0.717, 1.165) is 31.8 Å². The molecule has 1 aliphatic rings. The maximum Gasteiger partial charge on any atom is 0.317 e. The Morgan fingerprint density at radius 2 is 2.39 bits per heavy atom. The summed E-state index contributed by atoms with van der Waals surface area (Å²) in [6, 6.07) is 0.518. The molecular formula is C12H21N5O. The fraction of sp³-hybridized carbons (Fsp3) is 0.750. The van der Waals surface area contributed by atoms with Crippen molar-refractivity contribution in [1.82, 2.24) is 25.0 Å². The quantitative estimate of drug-likeness (QED) is 0.878. The predicted molar refractivity (Wildman–Crippen MR) is 68.3 cm³/mol. The average Bonchev–Trinajstić information content (AvgIpc) is 2.96. The first kappa shape index (κ1) is 12.9. The molecule has 6 heteroatoms. The molecule has 100 valence electrons. The molecule has 1 atom stereocenters. The van der Waals surface area contributed by atoms with Crippen LogP contribution in [0.2, 0.25) is 0 Å². The molecule has 0 saturated carbocycles. The normalized spacial score (nSPS) is 19.6. The molecule has 0 bridgehead atoms. The topological polar surface area (TPSA) is 63.1 Å². The number of aryl methyl sites for hydroxylation is 1. The summed E-state index contributed by atoms with van der Waals surface area (Å²) >= 11 is 0. The monoisotopic (exact) mass is 251 g/mol. The Morgan fingerprint density at radius 1 is 1.61 bits per heavy atom. The van der Waals surface area contributed by atoms with Crippen molar-refractivity contribution < 1.29 is 4.79 Å². The summed E-state index contributed by atoms with van der Waals surface area (Å²) in [5, 5.41) is 11.0. The highest BCUT2D eigenvalue weighted by Crippen LogP contribution is 2.22. The standard InChI is InChI=1S/C12H21N5O/c1-4-11-15-13-8-17(11)10-5-6-16(7-10)12(18)14-9(2)3/h8-10H,4-7H2,1-3H3,(H,14,18). The van der Waals surface area contributed by atoms with Gasteiger partial charge in [-0.15, -0.1) is 10.2 Å². The Kier molecular flexibility index (Phi) is 3.84. The van der Waals surface area contributed by atoms with Crippen molar-refractivity contribution >= 4 is 6.03 Å². The molecule has 0 spiro atoms. The molecular weight excluding hydrogens is 230 g/mol. The highest BCUT2D eigenvalue weighted by Gasteiger charge is 2.28. The van der Waals surface area contributed by atoms with Gasteiger partial charge in [-0.2, -0.15) is 0 Å². The number of carbonyl (C=O) groups excluding carboxylic acids is 1. The Morgan fingerprint density at radius 3 is 3.06 bits per heavy atom. The number of amides is 2. The number of carbonyl (C=O) groups is 1. The van der Waals surface area contributed by atoms with Crippen LogP contribution >= 0.6 is 0 Å². The summed E-state index contributed by atoms with van der Waals surface area (Å²) in [6.45, 7) is 7.55. The van der Waals surface area contributed by atoms with Gasteiger partial charge in [0.25, 0.3) is 0 Å². The maximum absolute atomic E-state index is 11.9. The lowest BCUT2D eigenvalue weighted by Crippen LogP contribution is -2.41. The minimum atomic E-state index is 0.0265. The summed E-state index contributed by atoms with van der Waals surface area (Å²) in [4.78, 5) is 13.8. The number of hydrogen-bond donors (Lipinski definition) is 1. The number of likely N-dealkylation sites (tertiary alicyclic amines) is 1. The number of nitrogens with zero attached hydrogens (tertiary/aromatic N) is 4. The van der Waals surface area contributed by atoms with E-state index in [0.29, 0.717) is 6.04 Å². The van der Waals surface area contributed by atoms with Gasteiger partial charge in [0.05, 0.1) is 6.04 Å². The Bertz CT molecular complexity index is 414. The molecule has 1 N–H and O–H groups in total. The number of rotatable bonds is 3. The van der Waals surface area contributed by atoms with Gasteiger partial charge in [-0.05, 0) is 20.3 Å². The van der Waals surface area contributed by atoms with Crippen LogP contribution in [0.25, 0.3) is 0 Å². The van der Waals surface area contributed by atoms with Gasteiger partial charge >= 0.3 is 6.03 Å². The Hall–Kier alpha value is -1.59. The minimum Gasteiger partial charge on any atom is -0.336 e. The van der Waals surface area contributed by atoms with Crippen LogP contribution in [0.5, 0.6) is 0 Å². The van der Waals surface area contributed by atoms with Gasteiger partial charge in [0.1, 0.15) is 12.2 Å². The van der Waals surface area contributed by atoms with Crippen molar-refractivity contribution in [2.24, 2.45) is 0 Å². The van der Waals surface area contributed by atoms with Gasteiger partial charge in [0.15, 0.2) is 0 Å². The largest absolute Gasteiger partial charge is 0.336 e. The molecule has 18 heavy (non-hydrogen) atoms. The van der Waals surface area contributed by atoms with E-state index in [-0.39, 0.29) is 12.1 Å². The van der Waals surface area contributed by atoms with E-state index in [1.54, 1.807) is 6.33 Å². The van der Waals surface area contributed by atoms with Crippen LogP contribution in [0.3, 0.4) is 0 Å². The van der Waals surface area contributed by atoms with Crippen LogP contribution in [0, 0.1) is 0 Å². The molecule has 0 radical (unpaired) electrons. The number of aromatic nitrogens is 3. The molecule has 1 aromatic rings. The van der Waals surface area contributed by atoms with Crippen molar-refractivity contribution in [2.75, 3.05) is 13.1 Å². The number of urea groups is 1. The van der Waals surface area contributed by atoms with E-state index in [9.17, 15) is 4.79 Å². The Labute approximate surface area is 107 Å². The summed E-state index contributed by atoms with van der Waals surface area (Å²) < 4.78 is 2.10. The molecule has 1 aromatic heterocycles. The van der Waals surface area contributed by atoms with Crippen molar-refractivity contribution in [2.45, 2.75) is 45.7 Å². The minimum absolute atomic E-state index is 0.0265. The van der Waals surface area contributed by atoms with Crippen LogP contribution < -0.4 is 5.32 Å². The van der Waals surface area contributed by atoms with Gasteiger partial charge in [-0.3, -0.25) is 0 Å². The number of nitrogens with one attached hydrogen (secondary N) is 1. The zero-order valence-electron chi connectivity index (χ0n) is 11.3. The predicted octanol–water partition coefficient (Wildman–Crippen LogP) is 1.21. The fourth-order valence-corrected chi connectivity index (χ4v) is 2.32. The van der Waals surface area contributed by atoms with Gasteiger partial charge < -0.3 is 14.8 Å². The molecule has 2 amide bonds. The maximum atomic E-state index is 11.9. The molecule has 2 heterocycles. The first-order valence-electron chi connectivity index (χ1n) is 6.55. The molecule has 1 fully saturated rings. The highest BCUT2D eigenvalue weighted by atomic mass is 16.2. The van der Waals surface area contributed by atoms with E-state index in [4.69, 9.17) is 0 Å². The molecule has 6 nitrogen and oxygen atoms in total. The van der Waals surface area contributed by atoms with Gasteiger partial charge in [0.2, 0.25) is 0 Å². The van der Waals surface area contributed by atoms with E-state index in [1.807, 2.05) is 18.7 Å². The smallest absolute Gasteiger partial charge is 0.317 e. The zero-order chi connectivity index (χ0) is 13.1. The first-order valence-corrected chi connectivity index (χ1v) is 6.55. The summed E-state index contributed by atoms with van der Waals surface area (Å²) in [6.07, 6.45) is 3.61. The average molecular weight is 251 g/mol. The second-order valence-electron chi connectivity index (χ2n) is 5.00. The molecule has 1 unspecified atom stereocenters. The van der Waals surface area contributed by atoms with Gasteiger partial charge in [0, 0.05) is 25.6 Å². The molecule has 0 aromatic carbocycles. The van der Waals surface area contributed by atoms with Crippen molar-refractivity contribution in [3.63, 3.8) is 0 Å². The van der Waals surface area contributed by atoms with Crippen LogP contribution in [0.1, 0.15) is 39.1 Å².